The molecule has 0 bridgehead atoms. The van der Waals surface area contributed by atoms with Gasteiger partial charge in [0.25, 0.3) is 0 Å². The normalized spacial score (nSPS) is 19.2. The van der Waals surface area contributed by atoms with Crippen molar-refractivity contribution in [1.29, 1.82) is 0 Å². The van der Waals surface area contributed by atoms with Crippen molar-refractivity contribution in [3.05, 3.63) is 29.8 Å². The second-order valence-corrected chi connectivity index (χ2v) is 5.81. The average Bonchev–Trinajstić information content (AvgIpc) is 2.47. The van der Waals surface area contributed by atoms with Crippen LogP contribution in [0.3, 0.4) is 0 Å². The van der Waals surface area contributed by atoms with Gasteiger partial charge in [-0.3, -0.25) is 9.80 Å². The van der Waals surface area contributed by atoms with Gasteiger partial charge in [-0.05, 0) is 31.5 Å². The first-order chi connectivity index (χ1) is 9.60. The SMILES string of the molecule is COc1cccc(C(N)CN2CCN(C(C)C)CC2)c1. The van der Waals surface area contributed by atoms with E-state index in [1.54, 1.807) is 7.11 Å². The van der Waals surface area contributed by atoms with Crippen molar-refractivity contribution >= 4 is 0 Å². The second kappa shape index (κ2) is 7.07. The van der Waals surface area contributed by atoms with Crippen molar-refractivity contribution < 1.29 is 4.74 Å². The smallest absolute Gasteiger partial charge is 0.119 e. The van der Waals surface area contributed by atoms with Crippen molar-refractivity contribution in [2.75, 3.05) is 39.8 Å². The van der Waals surface area contributed by atoms with E-state index in [1.165, 1.54) is 0 Å². The molecule has 0 radical (unpaired) electrons. The highest BCUT2D eigenvalue weighted by Gasteiger charge is 2.20. The highest BCUT2D eigenvalue weighted by atomic mass is 16.5. The third-order valence-electron chi connectivity index (χ3n) is 4.11. The molecule has 0 amide bonds. The summed E-state index contributed by atoms with van der Waals surface area (Å²) in [6.45, 7) is 9.94. The van der Waals surface area contributed by atoms with Gasteiger partial charge in [0.15, 0.2) is 0 Å². The number of ether oxygens (including phenoxy) is 1. The van der Waals surface area contributed by atoms with Crippen molar-refractivity contribution in [3.8, 4) is 5.75 Å². The van der Waals surface area contributed by atoms with Crippen LogP contribution in [-0.4, -0.2) is 55.7 Å². The Bertz CT molecular complexity index is 414. The van der Waals surface area contributed by atoms with Crippen molar-refractivity contribution in [1.82, 2.24) is 9.80 Å². The second-order valence-electron chi connectivity index (χ2n) is 5.81. The molecule has 20 heavy (non-hydrogen) atoms. The van der Waals surface area contributed by atoms with Gasteiger partial charge in [-0.15, -0.1) is 0 Å². The molecule has 1 aromatic rings. The lowest BCUT2D eigenvalue weighted by Gasteiger charge is -2.37. The molecule has 0 aliphatic carbocycles. The number of nitrogens with two attached hydrogens (primary N) is 1. The summed E-state index contributed by atoms with van der Waals surface area (Å²) >= 11 is 0. The van der Waals surface area contributed by atoms with Crippen LogP contribution in [-0.2, 0) is 0 Å². The van der Waals surface area contributed by atoms with Gasteiger partial charge in [0.1, 0.15) is 5.75 Å². The van der Waals surface area contributed by atoms with Gasteiger partial charge < -0.3 is 10.5 Å². The molecule has 1 saturated heterocycles. The molecule has 1 atom stereocenters. The van der Waals surface area contributed by atoms with Crippen molar-refractivity contribution in [2.45, 2.75) is 25.9 Å². The van der Waals surface area contributed by atoms with Crippen LogP contribution in [0.2, 0.25) is 0 Å². The van der Waals surface area contributed by atoms with Crippen LogP contribution in [0.25, 0.3) is 0 Å². The maximum atomic E-state index is 6.33. The Kier molecular flexibility index (Phi) is 5.40. The van der Waals surface area contributed by atoms with E-state index in [0.717, 1.165) is 44.0 Å². The van der Waals surface area contributed by atoms with E-state index in [4.69, 9.17) is 10.5 Å². The lowest BCUT2D eigenvalue weighted by molar-refractivity contribution is 0.104. The summed E-state index contributed by atoms with van der Waals surface area (Å²) in [5, 5.41) is 0. The first-order valence-corrected chi connectivity index (χ1v) is 7.46. The maximum Gasteiger partial charge on any atom is 0.119 e. The Morgan fingerprint density at radius 3 is 2.50 bits per heavy atom. The topological polar surface area (TPSA) is 41.7 Å². The highest BCUT2D eigenvalue weighted by Crippen LogP contribution is 2.19. The molecule has 1 aliphatic heterocycles. The molecular weight excluding hydrogens is 250 g/mol. The number of methoxy groups -OCH3 is 1. The van der Waals surface area contributed by atoms with Crippen LogP contribution in [0.1, 0.15) is 25.5 Å². The molecule has 0 saturated carbocycles. The first-order valence-electron chi connectivity index (χ1n) is 7.46. The quantitative estimate of drug-likeness (QED) is 0.890. The molecule has 2 rings (SSSR count). The number of nitrogens with zero attached hydrogens (tertiary/aromatic N) is 2. The molecule has 1 heterocycles. The van der Waals surface area contributed by atoms with Gasteiger partial charge in [0, 0.05) is 44.8 Å². The highest BCUT2D eigenvalue weighted by molar-refractivity contribution is 5.30. The Morgan fingerprint density at radius 2 is 1.90 bits per heavy atom. The number of rotatable bonds is 5. The number of benzene rings is 1. The number of piperazine rings is 1. The Balaban J connectivity index is 1.87. The summed E-state index contributed by atoms with van der Waals surface area (Å²) in [5.74, 6) is 0.877. The fourth-order valence-corrected chi connectivity index (χ4v) is 2.72. The predicted molar refractivity (Wildman–Crippen MR) is 83.1 cm³/mol. The molecule has 4 heteroatoms. The molecule has 4 nitrogen and oxygen atoms in total. The van der Waals surface area contributed by atoms with E-state index in [9.17, 15) is 0 Å². The van der Waals surface area contributed by atoms with E-state index in [2.05, 4.69) is 29.7 Å². The van der Waals surface area contributed by atoms with E-state index < -0.39 is 0 Å². The van der Waals surface area contributed by atoms with E-state index in [1.807, 2.05) is 18.2 Å². The lowest BCUT2D eigenvalue weighted by Crippen LogP contribution is -2.50. The van der Waals surface area contributed by atoms with Gasteiger partial charge >= 0.3 is 0 Å². The molecule has 1 aromatic carbocycles. The fourth-order valence-electron chi connectivity index (χ4n) is 2.72. The monoisotopic (exact) mass is 277 g/mol. The molecule has 1 unspecified atom stereocenters. The first kappa shape index (κ1) is 15.3. The summed E-state index contributed by atoms with van der Waals surface area (Å²) in [6.07, 6.45) is 0. The zero-order valence-corrected chi connectivity index (χ0v) is 12.9. The summed E-state index contributed by atoms with van der Waals surface area (Å²) in [6, 6.07) is 8.77. The van der Waals surface area contributed by atoms with Crippen molar-refractivity contribution in [2.24, 2.45) is 5.73 Å². The minimum Gasteiger partial charge on any atom is -0.497 e. The fraction of sp³-hybridized carbons (Fsp3) is 0.625. The van der Waals surface area contributed by atoms with Crippen LogP contribution in [0, 0.1) is 0 Å². The van der Waals surface area contributed by atoms with E-state index >= 15 is 0 Å². The standard InChI is InChI=1S/C16H27N3O/c1-13(2)19-9-7-18(8-10-19)12-16(17)14-5-4-6-15(11-14)20-3/h4-6,11,13,16H,7-10,12,17H2,1-3H3. The summed E-state index contributed by atoms with van der Waals surface area (Å²) in [5.41, 5.74) is 7.48. The summed E-state index contributed by atoms with van der Waals surface area (Å²) < 4.78 is 5.26. The van der Waals surface area contributed by atoms with Crippen LogP contribution in [0.4, 0.5) is 0 Å². The third kappa shape index (κ3) is 3.95. The molecule has 0 aromatic heterocycles. The van der Waals surface area contributed by atoms with Gasteiger partial charge in [0.2, 0.25) is 0 Å². The molecule has 1 fully saturated rings. The molecule has 0 spiro atoms. The lowest BCUT2D eigenvalue weighted by atomic mass is 10.1. The molecule has 2 N–H and O–H groups in total. The van der Waals surface area contributed by atoms with E-state index in [-0.39, 0.29) is 6.04 Å². The number of hydrogen-bond acceptors (Lipinski definition) is 4. The average molecular weight is 277 g/mol. The minimum absolute atomic E-state index is 0.0516. The van der Waals surface area contributed by atoms with Crippen LogP contribution in [0.15, 0.2) is 24.3 Å². The van der Waals surface area contributed by atoms with Gasteiger partial charge in [-0.1, -0.05) is 12.1 Å². The van der Waals surface area contributed by atoms with Gasteiger partial charge in [0.05, 0.1) is 7.11 Å². The zero-order chi connectivity index (χ0) is 14.5. The molecular formula is C16H27N3O. The minimum atomic E-state index is 0.0516. The van der Waals surface area contributed by atoms with Crippen molar-refractivity contribution in [3.63, 3.8) is 0 Å². The maximum absolute atomic E-state index is 6.33. The Hall–Kier alpha value is -1.10. The molecule has 112 valence electrons. The number of hydrogen-bond donors (Lipinski definition) is 1. The Labute approximate surface area is 122 Å². The third-order valence-corrected chi connectivity index (χ3v) is 4.11. The van der Waals surface area contributed by atoms with Crippen LogP contribution >= 0.6 is 0 Å². The Morgan fingerprint density at radius 1 is 1.20 bits per heavy atom. The molecule has 1 aliphatic rings. The van der Waals surface area contributed by atoms with Gasteiger partial charge in [-0.2, -0.15) is 0 Å². The summed E-state index contributed by atoms with van der Waals surface area (Å²) in [4.78, 5) is 4.98. The van der Waals surface area contributed by atoms with Crippen LogP contribution < -0.4 is 10.5 Å². The zero-order valence-electron chi connectivity index (χ0n) is 12.9. The predicted octanol–water partition coefficient (Wildman–Crippen LogP) is 1.72. The van der Waals surface area contributed by atoms with Crippen LogP contribution in [0.5, 0.6) is 5.75 Å². The van der Waals surface area contributed by atoms with Gasteiger partial charge in [-0.25, -0.2) is 0 Å². The van der Waals surface area contributed by atoms with E-state index in [0.29, 0.717) is 6.04 Å². The largest absolute Gasteiger partial charge is 0.497 e. The summed E-state index contributed by atoms with van der Waals surface area (Å²) in [7, 11) is 1.69.